The lowest BCUT2D eigenvalue weighted by Gasteiger charge is -2.21. The smallest absolute Gasteiger partial charge is 0.0366 e. The van der Waals surface area contributed by atoms with Crippen LogP contribution in [0.5, 0.6) is 0 Å². The van der Waals surface area contributed by atoms with Crippen molar-refractivity contribution in [2.75, 3.05) is 18.0 Å². The molecule has 1 aromatic rings. The summed E-state index contributed by atoms with van der Waals surface area (Å²) in [5.41, 5.74) is 1.06. The van der Waals surface area contributed by atoms with Crippen molar-refractivity contribution in [2.24, 2.45) is 0 Å². The lowest BCUT2D eigenvalue weighted by atomic mass is 10.3. The Balaban J connectivity index is 2.87. The maximum atomic E-state index is 10.6. The van der Waals surface area contributed by atoms with Crippen molar-refractivity contribution >= 4 is 16.8 Å². The molecule has 0 aromatic heterocycles. The third-order valence-electron chi connectivity index (χ3n) is 2.16. The molecule has 0 spiro atoms. The Bertz CT molecular complexity index is 306. The minimum Gasteiger partial charge on any atom is -0.768 e. The van der Waals surface area contributed by atoms with E-state index < -0.39 is 11.1 Å². The van der Waals surface area contributed by atoms with Crippen LogP contribution in [-0.2, 0) is 11.1 Å². The molecule has 0 bridgehead atoms. The molecule has 3 nitrogen and oxygen atoms in total. The van der Waals surface area contributed by atoms with Crippen molar-refractivity contribution in [1.29, 1.82) is 0 Å². The molecule has 0 N–H and O–H groups in total. The summed E-state index contributed by atoms with van der Waals surface area (Å²) in [4.78, 5) is 2.50. The molecule has 0 saturated heterocycles. The zero-order valence-corrected chi connectivity index (χ0v) is 9.21. The van der Waals surface area contributed by atoms with E-state index in [-0.39, 0.29) is 0 Å². The standard InChI is InChI=1S/C10H15NO2S/c1-3-11(4-2)9-5-7-10(8-6-9)14(12)13/h5-8H,3-4H2,1-2H3,(H,12,13)/p-1. The summed E-state index contributed by atoms with van der Waals surface area (Å²) in [6.07, 6.45) is 0. The molecule has 0 radical (unpaired) electrons. The Morgan fingerprint density at radius 2 is 1.71 bits per heavy atom. The van der Waals surface area contributed by atoms with Crippen LogP contribution in [0.2, 0.25) is 0 Å². The molecule has 0 aliphatic rings. The molecular weight excluding hydrogens is 198 g/mol. The van der Waals surface area contributed by atoms with Crippen LogP contribution in [0.1, 0.15) is 13.8 Å². The molecule has 0 heterocycles. The van der Waals surface area contributed by atoms with Gasteiger partial charge in [0, 0.05) is 23.7 Å². The fourth-order valence-electron chi connectivity index (χ4n) is 1.36. The van der Waals surface area contributed by atoms with Crippen molar-refractivity contribution in [2.45, 2.75) is 18.7 Å². The van der Waals surface area contributed by atoms with Gasteiger partial charge in [-0.15, -0.1) is 0 Å². The lowest BCUT2D eigenvalue weighted by molar-refractivity contribution is 0.537. The third kappa shape index (κ3) is 2.56. The summed E-state index contributed by atoms with van der Waals surface area (Å²) in [5, 5.41) is 0. The van der Waals surface area contributed by atoms with E-state index in [1.54, 1.807) is 12.1 Å². The summed E-state index contributed by atoms with van der Waals surface area (Å²) in [6.45, 7) is 6.00. The van der Waals surface area contributed by atoms with Gasteiger partial charge in [-0.2, -0.15) is 0 Å². The number of anilines is 1. The Labute approximate surface area is 87.0 Å². The van der Waals surface area contributed by atoms with Gasteiger partial charge in [0.1, 0.15) is 0 Å². The van der Waals surface area contributed by atoms with E-state index in [2.05, 4.69) is 18.7 Å². The molecule has 4 heteroatoms. The summed E-state index contributed by atoms with van der Waals surface area (Å²) >= 11 is -2.12. The van der Waals surface area contributed by atoms with E-state index >= 15 is 0 Å². The van der Waals surface area contributed by atoms with Gasteiger partial charge in [-0.1, -0.05) is 0 Å². The molecule has 14 heavy (non-hydrogen) atoms. The third-order valence-corrected chi connectivity index (χ3v) is 2.81. The average molecular weight is 212 g/mol. The first-order valence-corrected chi connectivity index (χ1v) is 5.70. The number of hydrogen-bond acceptors (Lipinski definition) is 3. The summed E-state index contributed by atoms with van der Waals surface area (Å²) in [7, 11) is 0. The van der Waals surface area contributed by atoms with Gasteiger partial charge >= 0.3 is 0 Å². The van der Waals surface area contributed by atoms with Crippen molar-refractivity contribution < 1.29 is 8.76 Å². The van der Waals surface area contributed by atoms with Crippen LogP contribution in [0.25, 0.3) is 0 Å². The molecule has 0 aliphatic carbocycles. The number of hydrogen-bond donors (Lipinski definition) is 0. The maximum absolute atomic E-state index is 10.6. The van der Waals surface area contributed by atoms with Gasteiger partial charge in [0.25, 0.3) is 0 Å². The number of benzene rings is 1. The molecular formula is C10H14NO2S-. The summed E-state index contributed by atoms with van der Waals surface area (Å²) in [6, 6.07) is 6.91. The van der Waals surface area contributed by atoms with E-state index in [1.165, 1.54) is 0 Å². The van der Waals surface area contributed by atoms with Crippen LogP contribution >= 0.6 is 0 Å². The van der Waals surface area contributed by atoms with Gasteiger partial charge in [-0.25, -0.2) is 0 Å². The summed E-state index contributed by atoms with van der Waals surface area (Å²) in [5.74, 6) is 0. The second-order valence-corrected chi connectivity index (χ2v) is 3.84. The Kier molecular flexibility index (Phi) is 4.10. The molecule has 0 amide bonds. The molecule has 0 saturated carbocycles. The average Bonchev–Trinajstić information content (AvgIpc) is 2.20. The van der Waals surface area contributed by atoms with Gasteiger partial charge in [-0.05, 0) is 49.2 Å². The van der Waals surface area contributed by atoms with Gasteiger partial charge in [0.15, 0.2) is 0 Å². The van der Waals surface area contributed by atoms with Gasteiger partial charge in [-0.3, -0.25) is 4.21 Å². The van der Waals surface area contributed by atoms with Crippen LogP contribution in [0.3, 0.4) is 0 Å². The second kappa shape index (κ2) is 5.12. The van der Waals surface area contributed by atoms with Crippen molar-refractivity contribution in [3.63, 3.8) is 0 Å². The van der Waals surface area contributed by atoms with Crippen molar-refractivity contribution in [3.8, 4) is 0 Å². The van der Waals surface area contributed by atoms with E-state index in [1.807, 2.05) is 12.1 Å². The molecule has 1 unspecified atom stereocenters. The summed E-state index contributed by atoms with van der Waals surface area (Å²) < 4.78 is 21.2. The van der Waals surface area contributed by atoms with Crippen LogP contribution in [-0.4, -0.2) is 21.9 Å². The van der Waals surface area contributed by atoms with E-state index in [9.17, 15) is 8.76 Å². The highest BCUT2D eigenvalue weighted by atomic mass is 32.2. The number of rotatable bonds is 4. The molecule has 0 aliphatic heterocycles. The minimum atomic E-state index is -2.12. The normalized spacial score (nSPS) is 12.5. The van der Waals surface area contributed by atoms with Crippen LogP contribution in [0.4, 0.5) is 5.69 Å². The predicted molar refractivity (Wildman–Crippen MR) is 57.2 cm³/mol. The van der Waals surface area contributed by atoms with Crippen molar-refractivity contribution in [3.05, 3.63) is 24.3 Å². The van der Waals surface area contributed by atoms with Crippen LogP contribution < -0.4 is 4.90 Å². The van der Waals surface area contributed by atoms with Crippen LogP contribution in [0, 0.1) is 0 Å². The van der Waals surface area contributed by atoms with E-state index in [0.29, 0.717) is 4.90 Å². The minimum absolute atomic E-state index is 0.334. The molecule has 1 aromatic carbocycles. The van der Waals surface area contributed by atoms with Gasteiger partial charge in [0.2, 0.25) is 0 Å². The maximum Gasteiger partial charge on any atom is 0.0366 e. The Hall–Kier alpha value is -0.870. The highest BCUT2D eigenvalue weighted by molar-refractivity contribution is 7.79. The SMILES string of the molecule is CCN(CC)c1ccc(S(=O)[O-])cc1. The van der Waals surface area contributed by atoms with E-state index in [4.69, 9.17) is 0 Å². The van der Waals surface area contributed by atoms with Crippen LogP contribution in [0.15, 0.2) is 29.2 Å². The molecule has 1 atom stereocenters. The topological polar surface area (TPSA) is 43.4 Å². The van der Waals surface area contributed by atoms with E-state index in [0.717, 1.165) is 18.8 Å². The highest BCUT2D eigenvalue weighted by Gasteiger charge is 2.00. The quantitative estimate of drug-likeness (QED) is 0.714. The monoisotopic (exact) mass is 212 g/mol. The number of nitrogens with zero attached hydrogens (tertiary/aromatic N) is 1. The zero-order chi connectivity index (χ0) is 10.6. The lowest BCUT2D eigenvalue weighted by Crippen LogP contribution is -2.21. The molecule has 1 rings (SSSR count). The second-order valence-electron chi connectivity index (χ2n) is 2.90. The zero-order valence-electron chi connectivity index (χ0n) is 8.40. The largest absolute Gasteiger partial charge is 0.768 e. The highest BCUT2D eigenvalue weighted by Crippen LogP contribution is 2.15. The Morgan fingerprint density at radius 1 is 1.21 bits per heavy atom. The molecule has 78 valence electrons. The van der Waals surface area contributed by atoms with Gasteiger partial charge in [0.05, 0.1) is 0 Å². The fourth-order valence-corrected chi connectivity index (χ4v) is 1.72. The first kappa shape index (κ1) is 11.2. The first-order valence-electron chi connectivity index (χ1n) is 4.63. The molecule has 0 fully saturated rings. The first-order chi connectivity index (χ1) is 6.69. The Morgan fingerprint density at radius 3 is 2.07 bits per heavy atom. The van der Waals surface area contributed by atoms with Gasteiger partial charge < -0.3 is 9.45 Å². The van der Waals surface area contributed by atoms with Crippen molar-refractivity contribution in [1.82, 2.24) is 0 Å². The fraction of sp³-hybridized carbons (Fsp3) is 0.400. The predicted octanol–water partition coefficient (Wildman–Crippen LogP) is 1.77.